The number of nitrogens with one attached hydrogen (secondary N) is 1. The predicted molar refractivity (Wildman–Crippen MR) is 79.1 cm³/mol. The predicted octanol–water partition coefficient (Wildman–Crippen LogP) is 3.48. The van der Waals surface area contributed by atoms with Crippen molar-refractivity contribution >= 4 is 34.3 Å². The molecule has 6 heteroatoms. The van der Waals surface area contributed by atoms with E-state index < -0.39 is 5.97 Å². The fourth-order valence-electron chi connectivity index (χ4n) is 1.84. The maximum atomic E-state index is 11.2. The van der Waals surface area contributed by atoms with Crippen LogP contribution in [-0.4, -0.2) is 33.0 Å². The summed E-state index contributed by atoms with van der Waals surface area (Å²) in [6.45, 7) is 6.82. The van der Waals surface area contributed by atoms with Gasteiger partial charge in [-0.3, -0.25) is 0 Å². The van der Waals surface area contributed by atoms with Crippen LogP contribution in [0.15, 0.2) is 0 Å². The Morgan fingerprint density at radius 1 is 1.50 bits per heavy atom. The molecule has 0 fully saturated rings. The van der Waals surface area contributed by atoms with Crippen molar-refractivity contribution in [2.45, 2.75) is 38.4 Å². The third kappa shape index (κ3) is 3.17. The summed E-state index contributed by atoms with van der Waals surface area (Å²) in [4.78, 5) is 11.2. The Morgan fingerprint density at radius 3 is 2.56 bits per heavy atom. The highest BCUT2D eigenvalue weighted by atomic mass is 32.2. The van der Waals surface area contributed by atoms with Crippen molar-refractivity contribution in [3.05, 3.63) is 11.3 Å². The number of aromatic carboxylic acids is 1. The van der Waals surface area contributed by atoms with Gasteiger partial charge in [0, 0.05) is 11.3 Å². The number of anilines is 1. The Labute approximate surface area is 116 Å². The zero-order valence-corrected chi connectivity index (χ0v) is 12.9. The van der Waals surface area contributed by atoms with E-state index in [9.17, 15) is 4.79 Å². The third-order valence-electron chi connectivity index (χ3n) is 3.37. The van der Waals surface area contributed by atoms with Crippen LogP contribution in [0.3, 0.4) is 0 Å². The standard InChI is InChI=1S/C12H20N2O2S2/c1-5-12(6-2,17-4)7-13-10-9(11(15)16)8(3)14-18-10/h13H,5-7H2,1-4H3,(H,15,16). The summed E-state index contributed by atoms with van der Waals surface area (Å²) in [6, 6.07) is 0. The number of aryl methyl sites for hydroxylation is 1. The molecule has 0 aliphatic rings. The first-order valence-corrected chi connectivity index (χ1v) is 7.98. The smallest absolute Gasteiger partial charge is 0.340 e. The van der Waals surface area contributed by atoms with Gasteiger partial charge >= 0.3 is 5.97 Å². The first-order chi connectivity index (χ1) is 8.49. The molecule has 102 valence electrons. The van der Waals surface area contributed by atoms with E-state index in [1.165, 1.54) is 11.5 Å². The number of carbonyl (C=O) groups is 1. The molecule has 0 saturated heterocycles. The van der Waals surface area contributed by atoms with Gasteiger partial charge in [0.25, 0.3) is 0 Å². The molecule has 0 aromatic carbocycles. The maximum Gasteiger partial charge on any atom is 0.340 e. The van der Waals surface area contributed by atoms with Crippen LogP contribution in [-0.2, 0) is 0 Å². The second kappa shape index (κ2) is 6.43. The van der Waals surface area contributed by atoms with Crippen molar-refractivity contribution in [2.75, 3.05) is 18.1 Å². The van der Waals surface area contributed by atoms with Gasteiger partial charge in [0.15, 0.2) is 0 Å². The lowest BCUT2D eigenvalue weighted by Gasteiger charge is -2.30. The van der Waals surface area contributed by atoms with E-state index in [2.05, 4.69) is 29.8 Å². The molecular weight excluding hydrogens is 268 g/mol. The molecule has 0 aliphatic heterocycles. The van der Waals surface area contributed by atoms with Crippen molar-refractivity contribution in [3.63, 3.8) is 0 Å². The van der Waals surface area contributed by atoms with Gasteiger partial charge in [-0.1, -0.05) is 13.8 Å². The summed E-state index contributed by atoms with van der Waals surface area (Å²) in [5, 5.41) is 13.1. The van der Waals surface area contributed by atoms with Crippen LogP contribution in [0.5, 0.6) is 0 Å². The summed E-state index contributed by atoms with van der Waals surface area (Å²) in [7, 11) is 0. The van der Waals surface area contributed by atoms with E-state index in [0.29, 0.717) is 16.3 Å². The second-order valence-corrected chi connectivity index (χ2v) is 6.27. The van der Waals surface area contributed by atoms with Crippen LogP contribution in [0.4, 0.5) is 5.00 Å². The van der Waals surface area contributed by atoms with E-state index in [1.54, 1.807) is 6.92 Å². The van der Waals surface area contributed by atoms with Crippen LogP contribution in [0.25, 0.3) is 0 Å². The lowest BCUT2D eigenvalue weighted by Crippen LogP contribution is -2.32. The summed E-state index contributed by atoms with van der Waals surface area (Å²) < 4.78 is 4.27. The van der Waals surface area contributed by atoms with Gasteiger partial charge in [0.2, 0.25) is 0 Å². The molecule has 0 radical (unpaired) electrons. The van der Waals surface area contributed by atoms with Crippen molar-refractivity contribution in [2.24, 2.45) is 0 Å². The Kier molecular flexibility index (Phi) is 5.47. The van der Waals surface area contributed by atoms with Crippen molar-refractivity contribution in [1.29, 1.82) is 0 Å². The molecule has 1 heterocycles. The van der Waals surface area contributed by atoms with Gasteiger partial charge in [0.05, 0.1) is 5.69 Å². The van der Waals surface area contributed by atoms with Crippen molar-refractivity contribution in [1.82, 2.24) is 4.37 Å². The molecule has 0 atom stereocenters. The van der Waals surface area contributed by atoms with E-state index >= 15 is 0 Å². The molecule has 1 aromatic heterocycles. The molecule has 0 unspecified atom stereocenters. The maximum absolute atomic E-state index is 11.2. The number of hydrogen-bond donors (Lipinski definition) is 2. The second-order valence-electron chi connectivity index (χ2n) is 4.23. The van der Waals surface area contributed by atoms with Gasteiger partial charge in [-0.15, -0.1) is 0 Å². The Morgan fingerprint density at radius 2 is 2.11 bits per heavy atom. The minimum Gasteiger partial charge on any atom is -0.478 e. The van der Waals surface area contributed by atoms with Crippen LogP contribution < -0.4 is 5.32 Å². The number of carboxylic acid groups (broad SMARTS) is 1. The normalized spacial score (nSPS) is 11.6. The van der Waals surface area contributed by atoms with Gasteiger partial charge in [0.1, 0.15) is 10.6 Å². The minimum atomic E-state index is -0.911. The summed E-state index contributed by atoms with van der Waals surface area (Å²) in [6.07, 6.45) is 4.21. The lowest BCUT2D eigenvalue weighted by atomic mass is 10.0. The molecule has 4 nitrogen and oxygen atoms in total. The molecule has 0 bridgehead atoms. The lowest BCUT2D eigenvalue weighted by molar-refractivity contribution is 0.0697. The molecule has 2 N–H and O–H groups in total. The fraction of sp³-hybridized carbons (Fsp3) is 0.667. The zero-order chi connectivity index (χ0) is 13.8. The third-order valence-corrected chi connectivity index (χ3v) is 5.85. The minimum absolute atomic E-state index is 0.160. The van der Waals surface area contributed by atoms with Crippen molar-refractivity contribution < 1.29 is 9.90 Å². The van der Waals surface area contributed by atoms with Gasteiger partial charge < -0.3 is 10.4 Å². The summed E-state index contributed by atoms with van der Waals surface area (Å²) in [5.74, 6) is -0.911. The van der Waals surface area contributed by atoms with E-state index in [-0.39, 0.29) is 4.75 Å². The Balaban J connectivity index is 2.83. The molecule has 18 heavy (non-hydrogen) atoms. The number of carboxylic acids is 1. The van der Waals surface area contributed by atoms with Crippen LogP contribution in [0, 0.1) is 6.92 Å². The molecule has 0 spiro atoms. The molecular formula is C12H20N2O2S2. The number of thioether (sulfide) groups is 1. The number of rotatable bonds is 7. The van der Waals surface area contributed by atoms with Crippen LogP contribution in [0.2, 0.25) is 0 Å². The summed E-state index contributed by atoms with van der Waals surface area (Å²) >= 11 is 3.06. The highest BCUT2D eigenvalue weighted by molar-refractivity contribution is 8.00. The number of nitrogens with zero attached hydrogens (tertiary/aromatic N) is 1. The number of hydrogen-bond acceptors (Lipinski definition) is 5. The first-order valence-electron chi connectivity index (χ1n) is 5.98. The fourth-order valence-corrected chi connectivity index (χ4v) is 3.42. The summed E-state index contributed by atoms with van der Waals surface area (Å²) in [5.41, 5.74) is 0.889. The average molecular weight is 288 g/mol. The molecule has 0 amide bonds. The van der Waals surface area contributed by atoms with Gasteiger partial charge in [-0.2, -0.15) is 16.1 Å². The highest BCUT2D eigenvalue weighted by Gasteiger charge is 2.26. The Bertz CT molecular complexity index is 406. The first kappa shape index (κ1) is 15.3. The van der Waals surface area contributed by atoms with E-state index in [4.69, 9.17) is 5.11 Å². The molecule has 1 aromatic rings. The van der Waals surface area contributed by atoms with E-state index in [0.717, 1.165) is 19.4 Å². The number of aromatic nitrogens is 1. The van der Waals surface area contributed by atoms with Crippen LogP contribution in [0.1, 0.15) is 42.7 Å². The van der Waals surface area contributed by atoms with Gasteiger partial charge in [-0.05, 0) is 37.6 Å². The SMILES string of the molecule is CCC(CC)(CNc1snc(C)c1C(=O)O)SC. The largest absolute Gasteiger partial charge is 0.478 e. The zero-order valence-electron chi connectivity index (χ0n) is 11.2. The van der Waals surface area contributed by atoms with Crippen LogP contribution >= 0.6 is 23.3 Å². The monoisotopic (exact) mass is 288 g/mol. The quantitative estimate of drug-likeness (QED) is 0.804. The average Bonchev–Trinajstić information content (AvgIpc) is 2.73. The van der Waals surface area contributed by atoms with Crippen molar-refractivity contribution in [3.8, 4) is 0 Å². The highest BCUT2D eigenvalue weighted by Crippen LogP contribution is 2.32. The van der Waals surface area contributed by atoms with Gasteiger partial charge in [-0.25, -0.2) is 4.79 Å². The molecule has 1 rings (SSSR count). The van der Waals surface area contributed by atoms with E-state index in [1.807, 2.05) is 11.8 Å². The molecule has 0 saturated carbocycles. The molecule has 0 aliphatic carbocycles. The Hall–Kier alpha value is -0.750. The topological polar surface area (TPSA) is 62.2 Å².